The number of rotatable bonds is 5. The van der Waals surface area contributed by atoms with Crippen molar-refractivity contribution >= 4 is 25.7 Å². The first kappa shape index (κ1) is 19.4. The predicted octanol–water partition coefficient (Wildman–Crippen LogP) is 2.51. The van der Waals surface area contributed by atoms with Gasteiger partial charge in [-0.1, -0.05) is 18.2 Å². The van der Waals surface area contributed by atoms with Crippen LogP contribution in [0.2, 0.25) is 0 Å². The van der Waals surface area contributed by atoms with Gasteiger partial charge in [0.2, 0.25) is 10.0 Å². The van der Waals surface area contributed by atoms with Crippen LogP contribution in [-0.4, -0.2) is 16.8 Å². The molecule has 0 spiro atoms. The van der Waals surface area contributed by atoms with Crippen LogP contribution in [0.4, 0.5) is 5.69 Å². The molecule has 0 aromatic heterocycles. The van der Waals surface area contributed by atoms with Crippen molar-refractivity contribution < 1.29 is 16.8 Å². The second-order valence-electron chi connectivity index (χ2n) is 6.20. The summed E-state index contributed by atoms with van der Waals surface area (Å²) in [6.45, 7) is 7.32. The van der Waals surface area contributed by atoms with Gasteiger partial charge in [-0.15, -0.1) is 0 Å². The Morgan fingerprint density at radius 3 is 1.80 bits per heavy atom. The Kier molecular flexibility index (Phi) is 5.27. The molecular formula is C17H22N2O4S2. The van der Waals surface area contributed by atoms with Crippen molar-refractivity contribution in [2.75, 3.05) is 4.72 Å². The second-order valence-corrected chi connectivity index (χ2v) is 9.43. The summed E-state index contributed by atoms with van der Waals surface area (Å²) in [4.78, 5) is 0.276. The van der Waals surface area contributed by atoms with Gasteiger partial charge in [-0.05, 0) is 67.6 Å². The molecule has 8 heteroatoms. The number of aryl methyl sites for hydroxylation is 2. The molecule has 0 fully saturated rings. The van der Waals surface area contributed by atoms with Crippen molar-refractivity contribution in [3.05, 3.63) is 58.1 Å². The molecule has 0 saturated heterocycles. The van der Waals surface area contributed by atoms with Crippen LogP contribution in [0.25, 0.3) is 0 Å². The second kappa shape index (κ2) is 6.78. The van der Waals surface area contributed by atoms with Gasteiger partial charge in [-0.25, -0.2) is 22.0 Å². The highest BCUT2D eigenvalue weighted by atomic mass is 32.2. The van der Waals surface area contributed by atoms with Gasteiger partial charge in [0, 0.05) is 5.69 Å². The quantitative estimate of drug-likeness (QED) is 0.828. The first-order chi connectivity index (χ1) is 11.4. The summed E-state index contributed by atoms with van der Waals surface area (Å²) in [5, 5.41) is 5.01. The fourth-order valence-electron chi connectivity index (χ4n) is 2.69. The minimum absolute atomic E-state index is 0.276. The lowest BCUT2D eigenvalue weighted by molar-refractivity contribution is 0.596. The van der Waals surface area contributed by atoms with Gasteiger partial charge < -0.3 is 0 Å². The van der Waals surface area contributed by atoms with Gasteiger partial charge >= 0.3 is 0 Å². The molecule has 0 amide bonds. The highest BCUT2D eigenvalue weighted by molar-refractivity contribution is 7.92. The highest BCUT2D eigenvalue weighted by Crippen LogP contribution is 2.28. The minimum atomic E-state index is -3.76. The number of sulfonamides is 2. The number of hydrogen-bond acceptors (Lipinski definition) is 4. The molecule has 2 aromatic carbocycles. The number of anilines is 1. The van der Waals surface area contributed by atoms with Crippen LogP contribution >= 0.6 is 0 Å². The van der Waals surface area contributed by atoms with Crippen LogP contribution < -0.4 is 9.86 Å². The molecule has 0 bridgehead atoms. The van der Waals surface area contributed by atoms with Crippen molar-refractivity contribution in [3.8, 4) is 0 Å². The van der Waals surface area contributed by atoms with Gasteiger partial charge in [0.1, 0.15) is 0 Å². The zero-order valence-electron chi connectivity index (χ0n) is 14.6. The van der Waals surface area contributed by atoms with Gasteiger partial charge in [0.15, 0.2) is 0 Å². The molecular weight excluding hydrogens is 360 g/mol. The maximum atomic E-state index is 12.8. The Balaban J connectivity index is 2.37. The molecule has 2 rings (SSSR count). The Hall–Kier alpha value is -1.90. The van der Waals surface area contributed by atoms with E-state index < -0.39 is 20.0 Å². The summed E-state index contributed by atoms with van der Waals surface area (Å²) < 4.78 is 50.4. The molecule has 6 nitrogen and oxygen atoms in total. The van der Waals surface area contributed by atoms with E-state index in [0.717, 1.165) is 11.1 Å². The van der Waals surface area contributed by atoms with Crippen LogP contribution in [0.1, 0.15) is 27.8 Å². The van der Waals surface area contributed by atoms with E-state index in [0.29, 0.717) is 22.4 Å². The molecule has 0 saturated carbocycles. The zero-order chi connectivity index (χ0) is 19.0. The zero-order valence-corrected chi connectivity index (χ0v) is 16.3. The molecule has 0 aliphatic rings. The number of benzene rings is 2. The Morgan fingerprint density at radius 1 is 0.880 bits per heavy atom. The Labute approximate surface area is 149 Å². The van der Waals surface area contributed by atoms with Crippen LogP contribution in [0, 0.1) is 27.7 Å². The lowest BCUT2D eigenvalue weighted by Gasteiger charge is -2.17. The van der Waals surface area contributed by atoms with Gasteiger partial charge in [-0.2, -0.15) is 0 Å². The molecule has 0 aliphatic heterocycles. The van der Waals surface area contributed by atoms with Crippen molar-refractivity contribution in [2.45, 2.75) is 38.3 Å². The molecule has 136 valence electrons. The molecule has 0 atom stereocenters. The SMILES string of the molecule is Cc1cc(C)c(C)c(S(=O)(=O)Nc2ccc(CS(N)(=O)=O)cc2)c1C. The molecule has 0 heterocycles. The van der Waals surface area contributed by atoms with Crippen molar-refractivity contribution in [1.29, 1.82) is 0 Å². The maximum Gasteiger partial charge on any atom is 0.262 e. The topological polar surface area (TPSA) is 106 Å². The summed E-state index contributed by atoms with van der Waals surface area (Å²) in [6, 6.07) is 8.06. The van der Waals surface area contributed by atoms with E-state index in [9.17, 15) is 16.8 Å². The maximum absolute atomic E-state index is 12.8. The molecule has 3 N–H and O–H groups in total. The number of nitrogens with two attached hydrogens (primary N) is 1. The average molecular weight is 383 g/mol. The van der Waals surface area contributed by atoms with E-state index in [1.54, 1.807) is 13.8 Å². The largest absolute Gasteiger partial charge is 0.280 e. The number of hydrogen-bond donors (Lipinski definition) is 2. The first-order valence-electron chi connectivity index (χ1n) is 7.60. The van der Waals surface area contributed by atoms with Crippen molar-refractivity contribution in [3.63, 3.8) is 0 Å². The van der Waals surface area contributed by atoms with Gasteiger partial charge in [0.05, 0.1) is 10.6 Å². The third-order valence-corrected chi connectivity index (χ3v) is 6.53. The monoisotopic (exact) mass is 382 g/mol. The van der Waals surface area contributed by atoms with E-state index in [1.807, 2.05) is 19.9 Å². The first-order valence-corrected chi connectivity index (χ1v) is 10.8. The fourth-order valence-corrected chi connectivity index (χ4v) is 5.02. The van der Waals surface area contributed by atoms with Crippen molar-refractivity contribution in [1.82, 2.24) is 0 Å². The van der Waals surface area contributed by atoms with Crippen LogP contribution in [0.5, 0.6) is 0 Å². The summed E-state index contributed by atoms with van der Waals surface area (Å²) in [7, 11) is -7.39. The highest BCUT2D eigenvalue weighted by Gasteiger charge is 2.22. The minimum Gasteiger partial charge on any atom is -0.280 e. The van der Waals surface area contributed by atoms with E-state index >= 15 is 0 Å². The van der Waals surface area contributed by atoms with Gasteiger partial charge in [-0.3, -0.25) is 4.72 Å². The standard InChI is InChI=1S/C17H22N2O4S2/c1-11-9-12(2)14(4)17(13(11)3)25(22,23)19-16-7-5-15(6-8-16)10-24(18,20)21/h5-9,19H,10H2,1-4H3,(H2,18,20,21). The Bertz CT molecular complexity index is 983. The number of primary sulfonamides is 1. The fraction of sp³-hybridized carbons (Fsp3) is 0.294. The normalized spacial score (nSPS) is 12.2. The van der Waals surface area contributed by atoms with E-state index in [1.165, 1.54) is 24.3 Å². The van der Waals surface area contributed by atoms with Gasteiger partial charge in [0.25, 0.3) is 10.0 Å². The third-order valence-electron chi connectivity index (χ3n) is 4.14. The lowest BCUT2D eigenvalue weighted by atomic mass is 10.0. The molecule has 25 heavy (non-hydrogen) atoms. The molecule has 0 unspecified atom stereocenters. The van der Waals surface area contributed by atoms with Crippen LogP contribution in [0.15, 0.2) is 35.2 Å². The van der Waals surface area contributed by atoms with E-state index in [4.69, 9.17) is 5.14 Å². The summed E-state index contributed by atoms with van der Waals surface area (Å²) in [5.41, 5.74) is 4.09. The van der Waals surface area contributed by atoms with E-state index in [-0.39, 0.29) is 10.6 Å². The van der Waals surface area contributed by atoms with Crippen molar-refractivity contribution in [2.24, 2.45) is 5.14 Å². The Morgan fingerprint density at radius 2 is 1.36 bits per heavy atom. The predicted molar refractivity (Wildman–Crippen MR) is 99.5 cm³/mol. The van der Waals surface area contributed by atoms with Crippen LogP contribution in [-0.2, 0) is 25.8 Å². The molecule has 2 aromatic rings. The molecule has 0 aliphatic carbocycles. The lowest BCUT2D eigenvalue weighted by Crippen LogP contribution is -2.17. The summed E-state index contributed by atoms with van der Waals surface area (Å²) >= 11 is 0. The molecule has 0 radical (unpaired) electrons. The third kappa shape index (κ3) is 4.59. The number of nitrogens with one attached hydrogen (secondary N) is 1. The smallest absolute Gasteiger partial charge is 0.262 e. The van der Waals surface area contributed by atoms with Crippen LogP contribution in [0.3, 0.4) is 0 Å². The summed E-state index contributed by atoms with van der Waals surface area (Å²) in [6.07, 6.45) is 0. The summed E-state index contributed by atoms with van der Waals surface area (Å²) in [5.74, 6) is -0.296. The van der Waals surface area contributed by atoms with E-state index in [2.05, 4.69) is 4.72 Å². The average Bonchev–Trinajstić information content (AvgIpc) is 2.45.